The van der Waals surface area contributed by atoms with Crippen LogP contribution in [0.25, 0.3) is 198 Å². The van der Waals surface area contributed by atoms with E-state index in [4.69, 9.17) is 15.7 Å². The van der Waals surface area contributed by atoms with Crippen molar-refractivity contribution in [2.75, 3.05) is 0 Å². The van der Waals surface area contributed by atoms with E-state index in [-0.39, 0.29) is 29.7 Å². The van der Waals surface area contributed by atoms with Crippen molar-refractivity contribution in [1.82, 2.24) is 0 Å². The van der Waals surface area contributed by atoms with Gasteiger partial charge in [-0.3, -0.25) is 0 Å². The van der Waals surface area contributed by atoms with E-state index in [1.165, 1.54) is 88.3 Å². The zero-order chi connectivity index (χ0) is 71.8. The first kappa shape index (κ1) is 54.6. The van der Waals surface area contributed by atoms with Crippen LogP contribution in [0.4, 0.5) is 0 Å². The lowest BCUT2D eigenvalue weighted by atomic mass is 9.84. The number of hydrogen-bond donors (Lipinski definition) is 0. The van der Waals surface area contributed by atoms with E-state index in [9.17, 15) is 0 Å². The number of hydrogen-bond acceptors (Lipinski definition) is 2. The summed E-state index contributed by atoms with van der Waals surface area (Å²) in [5.74, 6) is 0. The molecule has 2 heteroatoms. The van der Waals surface area contributed by atoms with E-state index < -0.39 is 6.04 Å². The van der Waals surface area contributed by atoms with Gasteiger partial charge >= 0.3 is 0 Å². The van der Waals surface area contributed by atoms with Gasteiger partial charge in [-0.2, -0.15) is 0 Å². The molecule has 0 unspecified atom stereocenters. The Balaban J connectivity index is 0.000000147. The molecule has 2 heterocycles. The summed E-state index contributed by atoms with van der Waals surface area (Å²) in [6, 6.07) is 125. The van der Waals surface area contributed by atoms with Crippen LogP contribution in [0.1, 0.15) is 6.85 Å². The molecule has 476 valence electrons. The van der Waals surface area contributed by atoms with Crippen LogP contribution in [0.5, 0.6) is 0 Å². The molecule has 0 aliphatic rings. The predicted molar refractivity (Wildman–Crippen MR) is 432 cm³/mol. The number of rotatable bonds is 10. The maximum absolute atomic E-state index is 8.84. The molecule has 0 aliphatic carbocycles. The van der Waals surface area contributed by atoms with Crippen LogP contribution >= 0.6 is 0 Å². The molecular formula is C100H64O2. The number of benzene rings is 18. The van der Waals surface area contributed by atoms with E-state index in [0.29, 0.717) is 5.56 Å². The summed E-state index contributed by atoms with van der Waals surface area (Å²) in [5, 5.41) is 13.0. The third-order valence-electron chi connectivity index (χ3n) is 20.3. The summed E-state index contributed by atoms with van der Waals surface area (Å²) < 4.78 is 55.4. The fourth-order valence-electron chi connectivity index (χ4n) is 15.6. The summed E-state index contributed by atoms with van der Waals surface area (Å²) in [7, 11) is 0. The van der Waals surface area contributed by atoms with E-state index >= 15 is 0 Å². The maximum Gasteiger partial charge on any atom is 0.136 e. The van der Waals surface area contributed by atoms with Crippen LogP contribution in [-0.2, 0) is 0 Å². The summed E-state index contributed by atoms with van der Waals surface area (Å²) in [5.41, 5.74) is 25.3. The quantitative estimate of drug-likeness (QED) is 0.128. The van der Waals surface area contributed by atoms with Crippen molar-refractivity contribution in [3.05, 3.63) is 388 Å². The highest BCUT2D eigenvalue weighted by molar-refractivity contribution is 6.24. The third-order valence-corrected chi connectivity index (χ3v) is 20.3. The molecule has 18 aromatic carbocycles. The van der Waals surface area contributed by atoms with Crippen molar-refractivity contribution in [3.63, 3.8) is 0 Å². The molecule has 0 radical (unpaired) electrons. The first-order valence-electron chi connectivity index (χ1n) is 37.1. The highest BCUT2D eigenvalue weighted by Gasteiger charge is 2.23. The standard InChI is InChI=1S/2C50H32O/c1-3-12-33(13-4-1)37-16-11-17-38(30-37)40-27-29-48-46(32-40)45-31-39(26-28-47(45)51-48)34-22-24-36(25-23-34)50-43-20-9-7-18-41(43)49(35-14-5-2-6-15-35)42-19-8-10-21-44(42)50;1-3-15-33(16-4-1)37-19-7-8-20-39(37)49-38(31-32-46-50(49)44-25-13-14-26-45(44)51-46)34-27-29-36(30-28-34)48-42-23-11-9-21-40(42)47(35-17-5-2-6-18-35)41-22-10-12-24-43(41)48/h2*1-32H/i2D,5D,6D,14D,15D;. The molecular weight excluding hydrogens is 1230 g/mol. The van der Waals surface area contributed by atoms with Crippen molar-refractivity contribution < 1.29 is 15.7 Å². The SMILES string of the molecule is [2H]c1c([2H])c([2H])c(-c2c3ccccc3c(-c3ccc(-c4ccc5oc6ccc(-c7cccc(-c8ccccc8)c7)cc6c5c4)cc3)c3ccccc23)c([2H])c1[2H].c1ccc(-c2ccccc2-c2c(-c3ccc(-c4c5ccccc5c(-c5ccccc5)c5ccccc45)cc3)ccc3oc4ccccc4c23)cc1. The van der Waals surface area contributed by atoms with Crippen LogP contribution in [-0.4, -0.2) is 0 Å². The first-order chi connectivity index (χ1) is 52.7. The lowest BCUT2D eigenvalue weighted by Gasteiger charge is -2.18. The Morgan fingerprint density at radius 1 is 0.167 bits per heavy atom. The van der Waals surface area contributed by atoms with Gasteiger partial charge in [0.25, 0.3) is 0 Å². The Hall–Kier alpha value is -13.4. The van der Waals surface area contributed by atoms with Crippen molar-refractivity contribution in [1.29, 1.82) is 0 Å². The molecule has 20 rings (SSSR count). The molecule has 2 aromatic heterocycles. The van der Waals surface area contributed by atoms with Gasteiger partial charge in [-0.15, -0.1) is 0 Å². The zero-order valence-electron chi connectivity index (χ0n) is 60.4. The Morgan fingerprint density at radius 2 is 0.480 bits per heavy atom. The van der Waals surface area contributed by atoms with Gasteiger partial charge in [0.05, 0.1) is 6.85 Å². The molecule has 0 amide bonds. The van der Waals surface area contributed by atoms with E-state index in [0.717, 1.165) is 98.8 Å². The van der Waals surface area contributed by atoms with Crippen molar-refractivity contribution in [2.45, 2.75) is 0 Å². The minimum atomic E-state index is -0.399. The Labute approximate surface area is 598 Å². The number of fused-ring (bicyclic) bond motifs is 10. The lowest BCUT2D eigenvalue weighted by Crippen LogP contribution is -1.92. The van der Waals surface area contributed by atoms with Gasteiger partial charge in [-0.05, 0) is 191 Å². The van der Waals surface area contributed by atoms with Crippen molar-refractivity contribution in [3.8, 4) is 111 Å². The molecule has 0 saturated carbocycles. The molecule has 0 atom stereocenters. The van der Waals surface area contributed by atoms with Crippen LogP contribution in [0.3, 0.4) is 0 Å². The molecule has 0 N–H and O–H groups in total. The fourth-order valence-corrected chi connectivity index (χ4v) is 15.6. The minimum Gasteiger partial charge on any atom is -0.456 e. The predicted octanol–water partition coefficient (Wildman–Crippen LogP) is 28.5. The van der Waals surface area contributed by atoms with Gasteiger partial charge in [0.15, 0.2) is 0 Å². The molecule has 0 fully saturated rings. The van der Waals surface area contributed by atoms with Crippen LogP contribution in [0.2, 0.25) is 0 Å². The van der Waals surface area contributed by atoms with E-state index in [1.54, 1.807) is 0 Å². The maximum atomic E-state index is 8.84. The second-order valence-corrected chi connectivity index (χ2v) is 26.0. The number of furan rings is 2. The Morgan fingerprint density at radius 3 is 1.00 bits per heavy atom. The molecule has 0 bridgehead atoms. The number of para-hydroxylation sites is 1. The molecule has 0 saturated heterocycles. The van der Waals surface area contributed by atoms with E-state index in [1.807, 2.05) is 66.7 Å². The van der Waals surface area contributed by atoms with E-state index in [2.05, 4.69) is 291 Å². The Bertz CT molecular complexity index is 6760. The minimum absolute atomic E-state index is 0.209. The van der Waals surface area contributed by atoms with Crippen LogP contribution in [0.15, 0.2) is 397 Å². The zero-order valence-corrected chi connectivity index (χ0v) is 55.4. The largest absolute Gasteiger partial charge is 0.456 e. The van der Waals surface area contributed by atoms with Gasteiger partial charge < -0.3 is 8.83 Å². The third kappa shape index (κ3) is 10.5. The van der Waals surface area contributed by atoms with Crippen molar-refractivity contribution >= 4 is 87.0 Å². The molecule has 102 heavy (non-hydrogen) atoms. The second-order valence-electron chi connectivity index (χ2n) is 26.0. The molecule has 2 nitrogen and oxygen atoms in total. The normalized spacial score (nSPS) is 12.2. The summed E-state index contributed by atoms with van der Waals surface area (Å²) in [4.78, 5) is 0. The highest BCUT2D eigenvalue weighted by atomic mass is 16.3. The summed E-state index contributed by atoms with van der Waals surface area (Å²) in [6.07, 6.45) is 0. The van der Waals surface area contributed by atoms with Gasteiger partial charge in [0.1, 0.15) is 22.3 Å². The van der Waals surface area contributed by atoms with Crippen molar-refractivity contribution in [2.24, 2.45) is 0 Å². The van der Waals surface area contributed by atoms with Crippen LogP contribution < -0.4 is 0 Å². The van der Waals surface area contributed by atoms with Gasteiger partial charge in [-0.25, -0.2) is 0 Å². The fraction of sp³-hybridized carbons (Fsp3) is 0. The van der Waals surface area contributed by atoms with Gasteiger partial charge in [0, 0.05) is 27.1 Å². The molecule has 20 aromatic rings. The average molecular weight is 1300 g/mol. The van der Waals surface area contributed by atoms with Gasteiger partial charge in [0.2, 0.25) is 0 Å². The Kier molecular flexibility index (Phi) is 13.6. The highest BCUT2D eigenvalue weighted by Crippen LogP contribution is 2.50. The average Bonchev–Trinajstić information content (AvgIpc) is 0.918. The molecule has 0 aliphatic heterocycles. The first-order valence-corrected chi connectivity index (χ1v) is 34.6. The second kappa shape index (κ2) is 25.5. The summed E-state index contributed by atoms with van der Waals surface area (Å²) >= 11 is 0. The topological polar surface area (TPSA) is 26.3 Å². The lowest BCUT2D eigenvalue weighted by molar-refractivity contribution is 0.668. The molecule has 0 spiro atoms. The summed E-state index contributed by atoms with van der Waals surface area (Å²) in [6.45, 7) is 0. The van der Waals surface area contributed by atoms with Gasteiger partial charge in [-0.1, -0.05) is 346 Å². The van der Waals surface area contributed by atoms with Crippen LogP contribution in [0, 0.1) is 0 Å². The monoisotopic (exact) mass is 1300 g/mol. The smallest absolute Gasteiger partial charge is 0.136 e.